The minimum absolute atomic E-state index is 0.201. The quantitative estimate of drug-likeness (QED) is 0.246. The van der Waals surface area contributed by atoms with Crippen molar-refractivity contribution in [3.05, 3.63) is 70.1 Å². The predicted molar refractivity (Wildman–Crippen MR) is 161 cm³/mol. The van der Waals surface area contributed by atoms with E-state index in [0.29, 0.717) is 50.1 Å². The first-order valence-corrected chi connectivity index (χ1v) is 14.4. The number of thiophene rings is 1. The molecule has 3 N–H and O–H groups in total. The number of carbonyl (C=O) groups excluding carboxylic acids is 2. The van der Waals surface area contributed by atoms with E-state index >= 15 is 0 Å². The van der Waals surface area contributed by atoms with E-state index in [1.54, 1.807) is 26.4 Å². The predicted octanol–water partition coefficient (Wildman–Crippen LogP) is 6.87. The Morgan fingerprint density at radius 2 is 1.90 bits per heavy atom. The number of rotatable bonds is 8. The number of hydrogen-bond acceptors (Lipinski definition) is 6. The molecule has 7 nitrogen and oxygen atoms in total. The van der Waals surface area contributed by atoms with Gasteiger partial charge >= 0.3 is 0 Å². The fourth-order valence-corrected chi connectivity index (χ4v) is 6.90. The van der Waals surface area contributed by atoms with Gasteiger partial charge in [-0.15, -0.1) is 11.3 Å². The monoisotopic (exact) mass is 557 g/mol. The van der Waals surface area contributed by atoms with Gasteiger partial charge in [-0.25, -0.2) is 4.98 Å². The molecule has 0 saturated heterocycles. The Bertz CT molecular complexity index is 1610. The number of anilines is 1. The molecule has 0 bridgehead atoms. The van der Waals surface area contributed by atoms with E-state index in [0.717, 1.165) is 41.7 Å². The topological polar surface area (TPSA) is 104 Å². The smallest absolute Gasteiger partial charge is 0.257 e. The van der Waals surface area contributed by atoms with Crippen LogP contribution >= 0.6 is 11.3 Å². The molecule has 0 spiro atoms. The number of para-hydroxylation sites is 1. The average molecular weight is 558 g/mol. The molecule has 2 aromatic heterocycles. The maximum atomic E-state index is 13.9. The fourth-order valence-electron chi connectivity index (χ4n) is 5.57. The Labute approximate surface area is 238 Å². The molecule has 1 aliphatic rings. The van der Waals surface area contributed by atoms with Crippen LogP contribution in [0.1, 0.15) is 64.8 Å². The lowest BCUT2D eigenvalue weighted by Gasteiger charge is -2.36. The van der Waals surface area contributed by atoms with Crippen LogP contribution < -0.4 is 20.5 Å². The molecule has 1 unspecified atom stereocenters. The van der Waals surface area contributed by atoms with Crippen molar-refractivity contribution in [3.63, 3.8) is 0 Å². The molecule has 208 valence electrons. The van der Waals surface area contributed by atoms with Crippen LogP contribution in [0.5, 0.6) is 11.5 Å². The van der Waals surface area contributed by atoms with Gasteiger partial charge in [-0.05, 0) is 60.4 Å². The van der Waals surface area contributed by atoms with Crippen molar-refractivity contribution in [2.75, 3.05) is 19.5 Å². The van der Waals surface area contributed by atoms with Gasteiger partial charge in [0.15, 0.2) is 0 Å². The van der Waals surface area contributed by atoms with Crippen molar-refractivity contribution in [3.8, 4) is 22.8 Å². The number of pyridine rings is 1. The van der Waals surface area contributed by atoms with Crippen LogP contribution in [-0.2, 0) is 12.8 Å². The summed E-state index contributed by atoms with van der Waals surface area (Å²) >= 11 is 1.48. The minimum Gasteiger partial charge on any atom is -0.497 e. The zero-order chi connectivity index (χ0) is 28.6. The zero-order valence-corrected chi connectivity index (χ0v) is 24.4. The molecule has 1 aliphatic carbocycles. The molecule has 40 heavy (non-hydrogen) atoms. The maximum absolute atomic E-state index is 13.9. The number of methoxy groups -OCH3 is 2. The summed E-state index contributed by atoms with van der Waals surface area (Å²) in [6, 6.07) is 14.8. The second kappa shape index (κ2) is 10.9. The number of nitrogens with two attached hydrogens (primary N) is 1. The summed E-state index contributed by atoms with van der Waals surface area (Å²) in [5.74, 6) is 0.923. The highest BCUT2D eigenvalue weighted by atomic mass is 32.1. The van der Waals surface area contributed by atoms with Gasteiger partial charge in [0.25, 0.3) is 11.8 Å². The Morgan fingerprint density at radius 1 is 1.12 bits per heavy atom. The Hall–Kier alpha value is -3.91. The van der Waals surface area contributed by atoms with Gasteiger partial charge < -0.3 is 20.5 Å². The van der Waals surface area contributed by atoms with E-state index in [1.165, 1.54) is 11.3 Å². The molecule has 0 fully saturated rings. The van der Waals surface area contributed by atoms with E-state index in [9.17, 15) is 9.59 Å². The van der Waals surface area contributed by atoms with Crippen LogP contribution in [0.4, 0.5) is 5.00 Å². The van der Waals surface area contributed by atoms with Gasteiger partial charge in [0.1, 0.15) is 16.5 Å². The summed E-state index contributed by atoms with van der Waals surface area (Å²) in [6.07, 6.45) is 3.76. The molecule has 4 aromatic rings. The van der Waals surface area contributed by atoms with Crippen molar-refractivity contribution in [1.29, 1.82) is 0 Å². The summed E-state index contributed by atoms with van der Waals surface area (Å²) in [5.41, 5.74) is 9.95. The third kappa shape index (κ3) is 5.04. The first-order valence-electron chi connectivity index (χ1n) is 13.5. The standard InChI is InChI=1S/C32H35N3O4S/c1-6-32(2,3)18-11-13-22-27(15-18)40-31(28(22)29(33)36)35-30(37)23-17-25(34-24-10-8-7-9-20(23)24)21-14-12-19(38-4)16-26(21)39-5/h7-10,12,14,16-18H,6,11,13,15H2,1-5H3,(H2,33,36)(H,35,37). The summed E-state index contributed by atoms with van der Waals surface area (Å²) in [7, 11) is 3.18. The number of carbonyl (C=O) groups is 2. The molecular formula is C32H35N3O4S. The molecular weight excluding hydrogens is 522 g/mol. The van der Waals surface area contributed by atoms with Crippen molar-refractivity contribution >= 4 is 39.1 Å². The number of primary amides is 1. The fraction of sp³-hybridized carbons (Fsp3) is 0.344. The van der Waals surface area contributed by atoms with Crippen molar-refractivity contribution < 1.29 is 19.1 Å². The largest absolute Gasteiger partial charge is 0.497 e. The molecule has 2 amide bonds. The highest BCUT2D eigenvalue weighted by Crippen LogP contribution is 2.45. The van der Waals surface area contributed by atoms with E-state index in [4.69, 9.17) is 20.2 Å². The average Bonchev–Trinajstić information content (AvgIpc) is 3.33. The number of hydrogen-bond donors (Lipinski definition) is 2. The number of nitrogens with one attached hydrogen (secondary N) is 1. The lowest BCUT2D eigenvalue weighted by Crippen LogP contribution is -2.29. The molecule has 5 rings (SSSR count). The first-order chi connectivity index (χ1) is 19.2. The molecule has 0 saturated carbocycles. The van der Waals surface area contributed by atoms with Gasteiger partial charge in [0.2, 0.25) is 0 Å². The molecule has 8 heteroatoms. The summed E-state index contributed by atoms with van der Waals surface area (Å²) in [5, 5.41) is 4.28. The third-order valence-corrected chi connectivity index (χ3v) is 9.57. The normalized spacial score (nSPS) is 15.0. The Morgan fingerprint density at radius 3 is 2.60 bits per heavy atom. The van der Waals surface area contributed by atoms with Crippen molar-refractivity contribution in [2.45, 2.75) is 46.5 Å². The maximum Gasteiger partial charge on any atom is 0.257 e. The lowest BCUT2D eigenvalue weighted by atomic mass is 9.69. The van der Waals surface area contributed by atoms with Crippen LogP contribution in [0, 0.1) is 11.3 Å². The van der Waals surface area contributed by atoms with Crippen LogP contribution in [-0.4, -0.2) is 31.0 Å². The molecule has 2 aromatic carbocycles. The highest BCUT2D eigenvalue weighted by molar-refractivity contribution is 7.17. The summed E-state index contributed by atoms with van der Waals surface area (Å²) in [6.45, 7) is 6.83. The molecule has 0 radical (unpaired) electrons. The zero-order valence-electron chi connectivity index (χ0n) is 23.6. The molecule has 2 heterocycles. The summed E-state index contributed by atoms with van der Waals surface area (Å²) in [4.78, 5) is 32.5. The van der Waals surface area contributed by atoms with Gasteiger partial charge in [0, 0.05) is 21.9 Å². The van der Waals surface area contributed by atoms with E-state index in [1.807, 2.05) is 36.4 Å². The Kier molecular flexibility index (Phi) is 7.55. The number of aromatic nitrogens is 1. The van der Waals surface area contributed by atoms with Crippen molar-refractivity contribution in [2.24, 2.45) is 17.1 Å². The highest BCUT2D eigenvalue weighted by Gasteiger charge is 2.35. The summed E-state index contributed by atoms with van der Waals surface area (Å²) < 4.78 is 11.0. The van der Waals surface area contributed by atoms with Crippen molar-refractivity contribution in [1.82, 2.24) is 4.98 Å². The first kappa shape index (κ1) is 27.6. The third-order valence-electron chi connectivity index (χ3n) is 8.40. The Balaban J connectivity index is 1.56. The second-order valence-corrected chi connectivity index (χ2v) is 12.1. The number of ether oxygens (including phenoxy) is 2. The van der Waals surface area contributed by atoms with Crippen LogP contribution in [0.15, 0.2) is 48.5 Å². The second-order valence-electron chi connectivity index (χ2n) is 10.9. The molecule has 0 aliphatic heterocycles. The van der Waals surface area contributed by atoms with E-state index < -0.39 is 5.91 Å². The lowest BCUT2D eigenvalue weighted by molar-refractivity contribution is 0.0999. The number of amides is 2. The number of nitrogens with zero attached hydrogens (tertiary/aromatic N) is 1. The van der Waals surface area contributed by atoms with E-state index in [2.05, 4.69) is 26.1 Å². The van der Waals surface area contributed by atoms with Crippen LogP contribution in [0.3, 0.4) is 0 Å². The minimum atomic E-state index is -0.510. The number of benzene rings is 2. The van der Waals surface area contributed by atoms with Gasteiger partial charge in [-0.1, -0.05) is 45.4 Å². The SMILES string of the molecule is CCC(C)(C)C1CCc2c(sc(NC(=O)c3cc(-c4ccc(OC)cc4OC)nc4ccccc34)c2C(N)=O)C1. The van der Waals surface area contributed by atoms with Gasteiger partial charge in [0.05, 0.1) is 36.6 Å². The van der Waals surface area contributed by atoms with E-state index in [-0.39, 0.29) is 11.3 Å². The van der Waals surface area contributed by atoms with Crippen LogP contribution in [0.25, 0.3) is 22.2 Å². The number of fused-ring (bicyclic) bond motifs is 2. The van der Waals surface area contributed by atoms with Gasteiger partial charge in [-0.3, -0.25) is 9.59 Å². The van der Waals surface area contributed by atoms with Gasteiger partial charge in [-0.2, -0.15) is 0 Å². The van der Waals surface area contributed by atoms with Crippen LogP contribution in [0.2, 0.25) is 0 Å². The molecule has 1 atom stereocenters.